The Morgan fingerprint density at radius 2 is 2.40 bits per heavy atom. The largest absolute Gasteiger partial charge is 0.495 e. The number of hydrogen-bond acceptors (Lipinski definition) is 4. The van der Waals surface area contributed by atoms with E-state index in [2.05, 4.69) is 5.10 Å². The van der Waals surface area contributed by atoms with Crippen molar-refractivity contribution in [3.63, 3.8) is 0 Å². The van der Waals surface area contributed by atoms with Crippen molar-refractivity contribution < 1.29 is 9.84 Å². The van der Waals surface area contributed by atoms with Crippen LogP contribution in [0.1, 0.15) is 16.5 Å². The smallest absolute Gasteiger partial charge is 0.135 e. The molecule has 0 spiro atoms. The third kappa shape index (κ3) is 1.88. The fourth-order valence-electron chi connectivity index (χ4n) is 1.41. The third-order valence-corrected chi connectivity index (χ3v) is 3.12. The first kappa shape index (κ1) is 10.2. The molecule has 1 atom stereocenters. The van der Waals surface area contributed by atoms with Crippen LogP contribution in [-0.4, -0.2) is 22.0 Å². The quantitative estimate of drug-likeness (QED) is 0.861. The predicted molar refractivity (Wildman–Crippen MR) is 58.1 cm³/mol. The molecule has 1 N–H and O–H groups in total. The summed E-state index contributed by atoms with van der Waals surface area (Å²) in [6.45, 7) is 0. The predicted octanol–water partition coefficient (Wildman–Crippen LogP) is 1.57. The lowest BCUT2D eigenvalue weighted by molar-refractivity contribution is 0.219. The Bertz CT molecular complexity index is 450. The average molecular weight is 224 g/mol. The molecule has 15 heavy (non-hydrogen) atoms. The summed E-state index contributed by atoms with van der Waals surface area (Å²) in [5.74, 6) is 0.719. The van der Waals surface area contributed by atoms with Gasteiger partial charge in [0, 0.05) is 18.8 Å². The Balaban J connectivity index is 2.31. The summed E-state index contributed by atoms with van der Waals surface area (Å²) in [6.07, 6.45) is 2.79. The highest BCUT2D eigenvalue weighted by Crippen LogP contribution is 2.34. The van der Waals surface area contributed by atoms with E-state index < -0.39 is 6.10 Å². The van der Waals surface area contributed by atoms with E-state index in [9.17, 15) is 5.11 Å². The van der Waals surface area contributed by atoms with Crippen molar-refractivity contribution in [2.75, 3.05) is 7.11 Å². The van der Waals surface area contributed by atoms with Gasteiger partial charge in [0.25, 0.3) is 0 Å². The van der Waals surface area contributed by atoms with E-state index in [1.54, 1.807) is 24.2 Å². The second-order valence-electron chi connectivity index (χ2n) is 3.20. The molecule has 2 rings (SSSR count). The normalized spacial score (nSPS) is 12.7. The zero-order valence-electron chi connectivity index (χ0n) is 8.54. The van der Waals surface area contributed by atoms with Crippen LogP contribution in [0.15, 0.2) is 23.8 Å². The van der Waals surface area contributed by atoms with Crippen molar-refractivity contribution in [2.24, 2.45) is 7.05 Å². The maximum atomic E-state index is 10.1. The molecule has 0 amide bonds. The van der Waals surface area contributed by atoms with Crippen LogP contribution >= 0.6 is 11.3 Å². The minimum atomic E-state index is -0.659. The van der Waals surface area contributed by atoms with Gasteiger partial charge in [-0.05, 0) is 11.4 Å². The van der Waals surface area contributed by atoms with Crippen LogP contribution < -0.4 is 4.74 Å². The van der Waals surface area contributed by atoms with Crippen molar-refractivity contribution in [1.82, 2.24) is 9.78 Å². The number of thiophene rings is 1. The second kappa shape index (κ2) is 4.04. The fraction of sp³-hybridized carbons (Fsp3) is 0.300. The van der Waals surface area contributed by atoms with Crippen molar-refractivity contribution in [3.8, 4) is 5.75 Å². The molecule has 0 aliphatic heterocycles. The number of ether oxygens (including phenoxy) is 1. The summed E-state index contributed by atoms with van der Waals surface area (Å²) in [6, 6.07) is 1.85. The zero-order valence-corrected chi connectivity index (χ0v) is 9.36. The van der Waals surface area contributed by atoms with Crippen molar-refractivity contribution in [2.45, 2.75) is 6.10 Å². The first-order valence-electron chi connectivity index (χ1n) is 4.50. The van der Waals surface area contributed by atoms with E-state index >= 15 is 0 Å². The minimum Gasteiger partial charge on any atom is -0.495 e. The van der Waals surface area contributed by atoms with Gasteiger partial charge in [-0.3, -0.25) is 4.68 Å². The molecule has 0 aliphatic carbocycles. The molecule has 0 saturated carbocycles. The van der Waals surface area contributed by atoms with Crippen LogP contribution in [0.4, 0.5) is 0 Å². The molecule has 4 nitrogen and oxygen atoms in total. The summed E-state index contributed by atoms with van der Waals surface area (Å²) < 4.78 is 6.82. The number of aromatic nitrogens is 2. The number of aliphatic hydroxyl groups is 1. The van der Waals surface area contributed by atoms with Crippen molar-refractivity contribution in [1.29, 1.82) is 0 Å². The lowest BCUT2D eigenvalue weighted by Gasteiger charge is -2.08. The molecule has 80 valence electrons. The maximum Gasteiger partial charge on any atom is 0.135 e. The Morgan fingerprint density at radius 3 is 3.00 bits per heavy atom. The van der Waals surface area contributed by atoms with Crippen LogP contribution in [0.3, 0.4) is 0 Å². The van der Waals surface area contributed by atoms with Gasteiger partial charge < -0.3 is 9.84 Å². The molecule has 2 aromatic rings. The van der Waals surface area contributed by atoms with Crippen LogP contribution in [0.25, 0.3) is 0 Å². The highest BCUT2D eigenvalue weighted by molar-refractivity contribution is 7.10. The van der Waals surface area contributed by atoms with Crippen LogP contribution in [-0.2, 0) is 7.05 Å². The molecule has 0 aromatic carbocycles. The van der Waals surface area contributed by atoms with Gasteiger partial charge in [0.15, 0.2) is 0 Å². The SMILES string of the molecule is COc1ccsc1C(O)c1cnn(C)c1. The number of nitrogens with zero attached hydrogens (tertiary/aromatic N) is 2. The molecular formula is C10H12N2O2S. The lowest BCUT2D eigenvalue weighted by Crippen LogP contribution is -1.98. The number of rotatable bonds is 3. The van der Waals surface area contributed by atoms with E-state index in [0.29, 0.717) is 0 Å². The highest BCUT2D eigenvalue weighted by atomic mass is 32.1. The summed E-state index contributed by atoms with van der Waals surface area (Å²) in [5, 5.41) is 16.0. The van der Waals surface area contributed by atoms with E-state index in [-0.39, 0.29) is 0 Å². The van der Waals surface area contributed by atoms with Gasteiger partial charge in [-0.1, -0.05) is 0 Å². The van der Waals surface area contributed by atoms with Gasteiger partial charge in [0.05, 0.1) is 18.2 Å². The highest BCUT2D eigenvalue weighted by Gasteiger charge is 2.17. The average Bonchev–Trinajstić information content (AvgIpc) is 2.84. The molecule has 2 heterocycles. The van der Waals surface area contributed by atoms with Crippen LogP contribution in [0.2, 0.25) is 0 Å². The van der Waals surface area contributed by atoms with Gasteiger partial charge in [-0.15, -0.1) is 11.3 Å². The Morgan fingerprint density at radius 1 is 1.60 bits per heavy atom. The minimum absolute atomic E-state index is 0.659. The zero-order chi connectivity index (χ0) is 10.8. The number of aliphatic hydroxyl groups excluding tert-OH is 1. The van der Waals surface area contributed by atoms with Gasteiger partial charge in [0.2, 0.25) is 0 Å². The van der Waals surface area contributed by atoms with Crippen molar-refractivity contribution >= 4 is 11.3 Å². The van der Waals surface area contributed by atoms with Gasteiger partial charge >= 0.3 is 0 Å². The van der Waals surface area contributed by atoms with E-state index in [1.807, 2.05) is 18.5 Å². The first-order chi connectivity index (χ1) is 7.22. The Hall–Kier alpha value is -1.33. The third-order valence-electron chi connectivity index (χ3n) is 2.17. The number of hydrogen-bond donors (Lipinski definition) is 1. The van der Waals surface area contributed by atoms with Gasteiger partial charge in [-0.25, -0.2) is 0 Å². The Kier molecular flexibility index (Phi) is 2.75. The second-order valence-corrected chi connectivity index (χ2v) is 4.15. The topological polar surface area (TPSA) is 47.3 Å². The van der Waals surface area contributed by atoms with E-state index in [1.165, 1.54) is 11.3 Å². The summed E-state index contributed by atoms with van der Waals surface area (Å²) in [5.41, 5.74) is 0.776. The lowest BCUT2D eigenvalue weighted by atomic mass is 10.1. The van der Waals surface area contributed by atoms with E-state index in [4.69, 9.17) is 4.74 Å². The molecule has 0 radical (unpaired) electrons. The van der Waals surface area contributed by atoms with Crippen LogP contribution in [0, 0.1) is 0 Å². The molecular weight excluding hydrogens is 212 g/mol. The molecule has 0 bridgehead atoms. The summed E-state index contributed by atoms with van der Waals surface area (Å²) in [7, 11) is 3.42. The molecule has 0 aliphatic rings. The van der Waals surface area contributed by atoms with Crippen molar-refractivity contribution in [3.05, 3.63) is 34.3 Å². The van der Waals surface area contributed by atoms with Gasteiger partial charge in [0.1, 0.15) is 11.9 Å². The monoisotopic (exact) mass is 224 g/mol. The Labute approximate surface area is 91.7 Å². The maximum absolute atomic E-state index is 10.1. The molecule has 0 saturated heterocycles. The molecule has 1 unspecified atom stereocenters. The standard InChI is InChI=1S/C10H12N2O2S/c1-12-6-7(5-11-12)9(13)10-8(14-2)3-4-15-10/h3-6,9,13H,1-2H3. The summed E-state index contributed by atoms with van der Waals surface area (Å²) in [4.78, 5) is 0.811. The van der Waals surface area contributed by atoms with E-state index in [0.717, 1.165) is 16.2 Å². The summed E-state index contributed by atoms with van der Waals surface area (Å²) >= 11 is 1.47. The van der Waals surface area contributed by atoms with Gasteiger partial charge in [-0.2, -0.15) is 5.10 Å². The fourth-order valence-corrected chi connectivity index (χ4v) is 2.28. The number of methoxy groups -OCH3 is 1. The van der Waals surface area contributed by atoms with Crippen LogP contribution in [0.5, 0.6) is 5.75 Å². The first-order valence-corrected chi connectivity index (χ1v) is 5.38. The molecule has 5 heteroatoms. The molecule has 2 aromatic heterocycles. The number of aryl methyl sites for hydroxylation is 1. The molecule has 0 fully saturated rings.